The highest BCUT2D eigenvalue weighted by Crippen LogP contribution is 2.34. The SMILES string of the molecule is COc1cccc2cc(-c3nn(CCCCN)c4ncnc(N)c34)[nH]c12. The normalized spacial score (nSPS) is 11.5. The van der Waals surface area contributed by atoms with Crippen LogP contribution < -0.4 is 16.2 Å². The maximum absolute atomic E-state index is 6.15. The number of nitrogen functional groups attached to an aromatic ring is 1. The fraction of sp³-hybridized carbons (Fsp3) is 0.278. The lowest BCUT2D eigenvalue weighted by atomic mass is 10.2. The van der Waals surface area contributed by atoms with Gasteiger partial charge in [0.2, 0.25) is 0 Å². The van der Waals surface area contributed by atoms with E-state index in [-0.39, 0.29) is 0 Å². The molecular weight excluding hydrogens is 330 g/mol. The zero-order valence-corrected chi connectivity index (χ0v) is 14.6. The third-order valence-corrected chi connectivity index (χ3v) is 4.48. The molecule has 1 aromatic carbocycles. The Labute approximate surface area is 150 Å². The van der Waals surface area contributed by atoms with Crippen molar-refractivity contribution in [2.24, 2.45) is 5.73 Å². The van der Waals surface area contributed by atoms with E-state index in [4.69, 9.17) is 21.3 Å². The Bertz CT molecular complexity index is 1070. The maximum atomic E-state index is 6.15. The molecule has 0 amide bonds. The molecule has 0 saturated carbocycles. The fourth-order valence-electron chi connectivity index (χ4n) is 3.21. The predicted octanol–water partition coefficient (Wildman–Crippen LogP) is 2.30. The maximum Gasteiger partial charge on any atom is 0.164 e. The van der Waals surface area contributed by atoms with Gasteiger partial charge >= 0.3 is 0 Å². The molecule has 0 spiro atoms. The van der Waals surface area contributed by atoms with Crippen molar-refractivity contribution in [1.29, 1.82) is 0 Å². The van der Waals surface area contributed by atoms with Crippen LogP contribution >= 0.6 is 0 Å². The van der Waals surface area contributed by atoms with Crippen LogP contribution in [0.25, 0.3) is 33.3 Å². The van der Waals surface area contributed by atoms with Gasteiger partial charge < -0.3 is 21.2 Å². The van der Waals surface area contributed by atoms with Crippen molar-refractivity contribution in [3.63, 3.8) is 0 Å². The van der Waals surface area contributed by atoms with Gasteiger partial charge in [0.1, 0.15) is 23.6 Å². The van der Waals surface area contributed by atoms with E-state index in [2.05, 4.69) is 15.0 Å². The summed E-state index contributed by atoms with van der Waals surface area (Å²) in [5, 5.41) is 6.56. The van der Waals surface area contributed by atoms with Crippen molar-refractivity contribution < 1.29 is 4.74 Å². The van der Waals surface area contributed by atoms with E-state index in [1.165, 1.54) is 6.33 Å². The average molecular weight is 351 g/mol. The number of benzene rings is 1. The number of methoxy groups -OCH3 is 1. The number of rotatable bonds is 6. The van der Waals surface area contributed by atoms with Gasteiger partial charge in [-0.25, -0.2) is 14.6 Å². The highest BCUT2D eigenvalue weighted by Gasteiger charge is 2.19. The first-order valence-corrected chi connectivity index (χ1v) is 8.56. The topological polar surface area (TPSA) is 121 Å². The molecular formula is C18H21N7O. The van der Waals surface area contributed by atoms with Gasteiger partial charge in [-0.1, -0.05) is 12.1 Å². The summed E-state index contributed by atoms with van der Waals surface area (Å²) in [6.45, 7) is 1.39. The van der Waals surface area contributed by atoms with Crippen LogP contribution in [0.5, 0.6) is 5.75 Å². The smallest absolute Gasteiger partial charge is 0.164 e. The molecule has 3 heterocycles. The second-order valence-electron chi connectivity index (χ2n) is 6.13. The van der Waals surface area contributed by atoms with Gasteiger partial charge in [-0.2, -0.15) is 5.10 Å². The van der Waals surface area contributed by atoms with Crippen LogP contribution in [0.3, 0.4) is 0 Å². The summed E-state index contributed by atoms with van der Waals surface area (Å²) in [6.07, 6.45) is 3.33. The number of aryl methyl sites for hydroxylation is 1. The highest BCUT2D eigenvalue weighted by atomic mass is 16.5. The van der Waals surface area contributed by atoms with Crippen LogP contribution in [0.2, 0.25) is 0 Å². The molecule has 5 N–H and O–H groups in total. The number of hydrogen-bond acceptors (Lipinski definition) is 6. The van der Waals surface area contributed by atoms with E-state index < -0.39 is 0 Å². The zero-order valence-electron chi connectivity index (χ0n) is 14.6. The Morgan fingerprint density at radius 2 is 2.12 bits per heavy atom. The van der Waals surface area contributed by atoms with Gasteiger partial charge in [-0.15, -0.1) is 0 Å². The van der Waals surface area contributed by atoms with Crippen molar-refractivity contribution in [2.75, 3.05) is 19.4 Å². The number of ether oxygens (including phenoxy) is 1. The molecule has 0 aliphatic carbocycles. The number of hydrogen-bond donors (Lipinski definition) is 3. The second kappa shape index (κ2) is 6.64. The van der Waals surface area contributed by atoms with Crippen LogP contribution in [0.15, 0.2) is 30.6 Å². The van der Waals surface area contributed by atoms with Crippen LogP contribution in [-0.4, -0.2) is 38.4 Å². The van der Waals surface area contributed by atoms with Gasteiger partial charge in [0, 0.05) is 11.9 Å². The van der Waals surface area contributed by atoms with E-state index in [1.807, 2.05) is 28.9 Å². The van der Waals surface area contributed by atoms with Crippen molar-refractivity contribution in [1.82, 2.24) is 24.7 Å². The number of fused-ring (bicyclic) bond motifs is 2. The van der Waals surface area contributed by atoms with Gasteiger partial charge in [0.15, 0.2) is 5.65 Å². The molecule has 4 aromatic rings. The lowest BCUT2D eigenvalue weighted by Crippen LogP contribution is -2.05. The molecule has 0 radical (unpaired) electrons. The number of anilines is 1. The Hall–Kier alpha value is -3.13. The first-order chi connectivity index (χ1) is 12.7. The van der Waals surface area contributed by atoms with Crippen LogP contribution in [0.4, 0.5) is 5.82 Å². The molecule has 0 atom stereocenters. The van der Waals surface area contributed by atoms with Gasteiger partial charge in [0.25, 0.3) is 0 Å². The molecule has 134 valence electrons. The Morgan fingerprint density at radius 1 is 1.23 bits per heavy atom. The molecule has 0 fully saturated rings. The Balaban J connectivity index is 1.88. The number of H-pyrrole nitrogens is 1. The molecule has 0 aliphatic rings. The first-order valence-electron chi connectivity index (χ1n) is 8.56. The summed E-state index contributed by atoms with van der Waals surface area (Å²) in [5.41, 5.74) is 15.0. The van der Waals surface area contributed by atoms with Crippen molar-refractivity contribution in [3.05, 3.63) is 30.6 Å². The lowest BCUT2D eigenvalue weighted by molar-refractivity contribution is 0.419. The van der Waals surface area contributed by atoms with Crippen molar-refractivity contribution >= 4 is 27.8 Å². The summed E-state index contributed by atoms with van der Waals surface area (Å²) in [7, 11) is 1.66. The van der Waals surface area contributed by atoms with Gasteiger partial charge in [0.05, 0.1) is 23.7 Å². The molecule has 26 heavy (non-hydrogen) atoms. The van der Waals surface area contributed by atoms with Gasteiger partial charge in [-0.05, 0) is 31.5 Å². The van der Waals surface area contributed by atoms with E-state index >= 15 is 0 Å². The quantitative estimate of drug-likeness (QED) is 0.458. The number of aromatic amines is 1. The van der Waals surface area contributed by atoms with Crippen LogP contribution in [-0.2, 0) is 6.54 Å². The number of aromatic nitrogens is 5. The zero-order chi connectivity index (χ0) is 18.1. The minimum atomic E-state index is 0.417. The fourth-order valence-corrected chi connectivity index (χ4v) is 3.21. The molecule has 0 unspecified atom stereocenters. The summed E-state index contributed by atoms with van der Waals surface area (Å²) in [5.74, 6) is 1.20. The van der Waals surface area contributed by atoms with E-state index in [0.29, 0.717) is 12.4 Å². The number of nitrogens with zero attached hydrogens (tertiary/aromatic N) is 4. The molecule has 4 rings (SSSR count). The molecule has 3 aromatic heterocycles. The lowest BCUT2D eigenvalue weighted by Gasteiger charge is -2.01. The first kappa shape index (κ1) is 16.3. The largest absolute Gasteiger partial charge is 0.495 e. The predicted molar refractivity (Wildman–Crippen MR) is 102 cm³/mol. The summed E-state index contributed by atoms with van der Waals surface area (Å²) >= 11 is 0. The molecule has 0 aliphatic heterocycles. The monoisotopic (exact) mass is 351 g/mol. The molecule has 0 saturated heterocycles. The van der Waals surface area contributed by atoms with Crippen LogP contribution in [0, 0.1) is 0 Å². The number of unbranched alkanes of at least 4 members (excludes halogenated alkanes) is 1. The average Bonchev–Trinajstić information content (AvgIpc) is 3.24. The van der Waals surface area contributed by atoms with E-state index in [9.17, 15) is 0 Å². The van der Waals surface area contributed by atoms with Crippen molar-refractivity contribution in [3.8, 4) is 17.1 Å². The summed E-state index contributed by atoms with van der Waals surface area (Å²) in [4.78, 5) is 11.9. The molecule has 8 heteroatoms. The van der Waals surface area contributed by atoms with Crippen molar-refractivity contribution in [2.45, 2.75) is 19.4 Å². The third-order valence-electron chi connectivity index (χ3n) is 4.48. The molecule has 8 nitrogen and oxygen atoms in total. The van der Waals surface area contributed by atoms with Gasteiger partial charge in [-0.3, -0.25) is 0 Å². The summed E-state index contributed by atoms with van der Waals surface area (Å²) < 4.78 is 7.32. The Morgan fingerprint density at radius 3 is 2.92 bits per heavy atom. The number of para-hydroxylation sites is 1. The third kappa shape index (κ3) is 2.64. The second-order valence-corrected chi connectivity index (χ2v) is 6.13. The number of nitrogens with one attached hydrogen (secondary N) is 1. The highest BCUT2D eigenvalue weighted by molar-refractivity contribution is 6.00. The van der Waals surface area contributed by atoms with Crippen LogP contribution in [0.1, 0.15) is 12.8 Å². The minimum Gasteiger partial charge on any atom is -0.495 e. The summed E-state index contributed by atoms with van der Waals surface area (Å²) in [6, 6.07) is 7.94. The van der Waals surface area contributed by atoms with E-state index in [0.717, 1.165) is 58.5 Å². The Kier molecular flexibility index (Phi) is 4.18. The molecule has 0 bridgehead atoms. The standard InChI is InChI=1S/C18H21N7O/c1-26-13-6-4-5-11-9-12(23-15(11)13)16-14-17(20)21-10-22-18(14)25(24-16)8-3-2-7-19/h4-6,9-10,23H,2-3,7-8,19H2,1H3,(H2,20,21,22). The number of nitrogens with two attached hydrogens (primary N) is 2. The minimum absolute atomic E-state index is 0.417. The van der Waals surface area contributed by atoms with E-state index in [1.54, 1.807) is 7.11 Å².